The van der Waals surface area contributed by atoms with Gasteiger partial charge in [0, 0.05) is 17.6 Å². The second-order valence-corrected chi connectivity index (χ2v) is 7.60. The molecule has 1 aliphatic carbocycles. The first kappa shape index (κ1) is 15.7. The van der Waals surface area contributed by atoms with Crippen LogP contribution >= 0.6 is 11.3 Å². The molecule has 0 amide bonds. The number of rotatable bonds is 5. The van der Waals surface area contributed by atoms with E-state index in [2.05, 4.69) is 24.0 Å². The fraction of sp³-hybridized carbons (Fsp3) is 0.500. The first-order chi connectivity index (χ1) is 10.6. The number of aliphatic hydroxyl groups is 1. The van der Waals surface area contributed by atoms with Gasteiger partial charge in [-0.1, -0.05) is 43.2 Å². The molecule has 22 heavy (non-hydrogen) atoms. The highest BCUT2D eigenvalue weighted by molar-refractivity contribution is 7.11. The van der Waals surface area contributed by atoms with Crippen molar-refractivity contribution in [2.75, 3.05) is 14.1 Å². The van der Waals surface area contributed by atoms with Crippen LogP contribution in [0.5, 0.6) is 0 Å². The quantitative estimate of drug-likeness (QED) is 0.915. The fourth-order valence-electron chi connectivity index (χ4n) is 3.44. The van der Waals surface area contributed by atoms with E-state index in [4.69, 9.17) is 0 Å². The maximum absolute atomic E-state index is 11.6. The minimum Gasteiger partial charge on any atom is -0.378 e. The second kappa shape index (κ2) is 6.49. The summed E-state index contributed by atoms with van der Waals surface area (Å²) in [5.74, 6) is 0.272. The molecule has 4 heteroatoms. The highest BCUT2D eigenvalue weighted by Crippen LogP contribution is 2.46. The van der Waals surface area contributed by atoms with Crippen molar-refractivity contribution >= 4 is 11.3 Å². The maximum atomic E-state index is 11.6. The molecule has 3 rings (SSSR count). The summed E-state index contributed by atoms with van der Waals surface area (Å²) < 4.78 is 0. The van der Waals surface area contributed by atoms with Crippen LogP contribution in [0.15, 0.2) is 36.5 Å². The van der Waals surface area contributed by atoms with Crippen molar-refractivity contribution in [2.45, 2.75) is 37.8 Å². The lowest BCUT2D eigenvalue weighted by molar-refractivity contribution is 0.0186. The zero-order valence-electron chi connectivity index (χ0n) is 13.3. The van der Waals surface area contributed by atoms with E-state index in [-0.39, 0.29) is 5.92 Å². The summed E-state index contributed by atoms with van der Waals surface area (Å²) in [5, 5.41) is 12.5. The Morgan fingerprint density at radius 1 is 1.23 bits per heavy atom. The van der Waals surface area contributed by atoms with Crippen LogP contribution in [-0.4, -0.2) is 29.1 Å². The molecule has 1 aliphatic rings. The molecule has 1 aromatic carbocycles. The highest BCUT2D eigenvalue weighted by Gasteiger charge is 2.43. The van der Waals surface area contributed by atoms with Crippen LogP contribution in [0.1, 0.15) is 41.1 Å². The molecule has 2 aromatic rings. The third kappa shape index (κ3) is 2.96. The molecule has 0 aliphatic heterocycles. The van der Waals surface area contributed by atoms with E-state index in [0.717, 1.165) is 30.0 Å². The van der Waals surface area contributed by atoms with Gasteiger partial charge in [0.1, 0.15) is 10.6 Å². The van der Waals surface area contributed by atoms with Crippen LogP contribution in [0, 0.1) is 5.92 Å². The van der Waals surface area contributed by atoms with Gasteiger partial charge in [-0.2, -0.15) is 0 Å². The minimum atomic E-state index is -0.938. The standard InChI is InChI=1S/C18H24N2OS/c1-20(2)13-16-12-19-17(22-16)18(21,15-10-6-7-11-15)14-8-4-3-5-9-14/h3-5,8-9,12,15,21H,6-7,10-11,13H2,1-2H3. The van der Waals surface area contributed by atoms with Crippen molar-refractivity contribution in [3.05, 3.63) is 52.0 Å². The van der Waals surface area contributed by atoms with Crippen LogP contribution < -0.4 is 0 Å². The number of aromatic nitrogens is 1. The lowest BCUT2D eigenvalue weighted by atomic mass is 9.80. The molecule has 0 radical (unpaired) electrons. The summed E-state index contributed by atoms with van der Waals surface area (Å²) in [5.41, 5.74) is 0.0418. The van der Waals surface area contributed by atoms with Gasteiger partial charge in [-0.15, -0.1) is 11.3 Å². The Balaban J connectivity index is 2.00. The Morgan fingerprint density at radius 2 is 1.91 bits per heavy atom. The number of nitrogens with zero attached hydrogens (tertiary/aromatic N) is 2. The van der Waals surface area contributed by atoms with Crippen molar-refractivity contribution in [1.82, 2.24) is 9.88 Å². The number of hydrogen-bond donors (Lipinski definition) is 1. The van der Waals surface area contributed by atoms with Gasteiger partial charge in [0.15, 0.2) is 0 Å². The van der Waals surface area contributed by atoms with E-state index in [9.17, 15) is 5.11 Å². The fourth-order valence-corrected chi connectivity index (χ4v) is 4.66. The SMILES string of the molecule is CN(C)Cc1cnc(C(O)(c2ccccc2)C2CCCC2)s1. The van der Waals surface area contributed by atoms with Gasteiger partial charge in [0.2, 0.25) is 0 Å². The van der Waals surface area contributed by atoms with Gasteiger partial charge < -0.3 is 10.0 Å². The molecular formula is C18H24N2OS. The lowest BCUT2D eigenvalue weighted by Gasteiger charge is -2.32. The summed E-state index contributed by atoms with van der Waals surface area (Å²) in [6, 6.07) is 10.1. The first-order valence-electron chi connectivity index (χ1n) is 7.98. The Kier molecular flexibility index (Phi) is 4.62. The lowest BCUT2D eigenvalue weighted by Crippen LogP contribution is -2.35. The number of thiazole rings is 1. The summed E-state index contributed by atoms with van der Waals surface area (Å²) in [4.78, 5) is 7.94. The molecule has 1 fully saturated rings. The van der Waals surface area contributed by atoms with Crippen LogP contribution in [0.25, 0.3) is 0 Å². The molecule has 1 saturated carbocycles. The van der Waals surface area contributed by atoms with Crippen LogP contribution in [0.3, 0.4) is 0 Å². The number of hydrogen-bond acceptors (Lipinski definition) is 4. The normalized spacial score (nSPS) is 18.7. The van der Waals surface area contributed by atoms with Crippen molar-refractivity contribution in [3.8, 4) is 0 Å². The maximum Gasteiger partial charge on any atom is 0.144 e. The third-order valence-corrected chi connectivity index (χ3v) is 5.62. The van der Waals surface area contributed by atoms with Gasteiger partial charge in [-0.25, -0.2) is 4.98 Å². The van der Waals surface area contributed by atoms with Gasteiger partial charge in [-0.05, 0) is 38.4 Å². The zero-order chi connectivity index (χ0) is 15.6. The molecule has 3 nitrogen and oxygen atoms in total. The summed E-state index contributed by atoms with van der Waals surface area (Å²) >= 11 is 1.65. The van der Waals surface area contributed by atoms with Crippen LogP contribution in [0.4, 0.5) is 0 Å². The van der Waals surface area contributed by atoms with Gasteiger partial charge in [0.05, 0.1) is 0 Å². The van der Waals surface area contributed by atoms with E-state index in [0.29, 0.717) is 0 Å². The monoisotopic (exact) mass is 316 g/mol. The summed E-state index contributed by atoms with van der Waals surface area (Å²) in [6.07, 6.45) is 6.48. The molecule has 0 bridgehead atoms. The second-order valence-electron chi connectivity index (χ2n) is 6.48. The predicted molar refractivity (Wildman–Crippen MR) is 90.9 cm³/mol. The molecular weight excluding hydrogens is 292 g/mol. The third-order valence-electron chi connectivity index (χ3n) is 4.51. The van der Waals surface area contributed by atoms with Crippen LogP contribution in [-0.2, 0) is 12.1 Å². The summed E-state index contributed by atoms with van der Waals surface area (Å²) in [7, 11) is 4.11. The van der Waals surface area contributed by atoms with E-state index in [1.54, 1.807) is 11.3 Å². The molecule has 0 spiro atoms. The van der Waals surface area contributed by atoms with Gasteiger partial charge in [-0.3, -0.25) is 0 Å². The first-order valence-corrected chi connectivity index (χ1v) is 8.80. The molecule has 1 N–H and O–H groups in total. The van der Waals surface area contributed by atoms with Gasteiger partial charge in [0.25, 0.3) is 0 Å². The minimum absolute atomic E-state index is 0.272. The molecule has 0 saturated heterocycles. The van der Waals surface area contributed by atoms with Crippen LogP contribution in [0.2, 0.25) is 0 Å². The van der Waals surface area contributed by atoms with Crippen molar-refractivity contribution in [2.24, 2.45) is 5.92 Å². The topological polar surface area (TPSA) is 36.4 Å². The Hall–Kier alpha value is -1.23. The van der Waals surface area contributed by atoms with E-state index < -0.39 is 5.60 Å². The zero-order valence-corrected chi connectivity index (χ0v) is 14.1. The van der Waals surface area contributed by atoms with E-state index >= 15 is 0 Å². The largest absolute Gasteiger partial charge is 0.378 e. The highest BCUT2D eigenvalue weighted by atomic mass is 32.1. The molecule has 1 unspecified atom stereocenters. The average molecular weight is 316 g/mol. The van der Waals surface area contributed by atoms with E-state index in [1.807, 2.05) is 36.5 Å². The summed E-state index contributed by atoms with van der Waals surface area (Å²) in [6.45, 7) is 0.868. The van der Waals surface area contributed by atoms with Crippen molar-refractivity contribution in [1.29, 1.82) is 0 Å². The molecule has 1 atom stereocenters. The van der Waals surface area contributed by atoms with Gasteiger partial charge >= 0.3 is 0 Å². The Labute approximate surface area is 136 Å². The van der Waals surface area contributed by atoms with E-state index in [1.165, 1.54) is 17.7 Å². The van der Waals surface area contributed by atoms with Crippen molar-refractivity contribution < 1.29 is 5.11 Å². The Morgan fingerprint density at radius 3 is 2.55 bits per heavy atom. The average Bonchev–Trinajstić information content (AvgIpc) is 3.18. The molecule has 1 heterocycles. The molecule has 118 valence electrons. The van der Waals surface area contributed by atoms with Crippen molar-refractivity contribution in [3.63, 3.8) is 0 Å². The molecule has 1 aromatic heterocycles. The number of benzene rings is 1. The Bertz CT molecular complexity index is 605. The smallest absolute Gasteiger partial charge is 0.144 e. The predicted octanol–water partition coefficient (Wildman–Crippen LogP) is 3.63.